The fourth-order valence-corrected chi connectivity index (χ4v) is 2.91. The highest BCUT2D eigenvalue weighted by molar-refractivity contribution is 6.00. The monoisotopic (exact) mass is 369 g/mol. The highest BCUT2D eigenvalue weighted by Gasteiger charge is 2.35. The van der Waals surface area contributed by atoms with Crippen molar-refractivity contribution in [2.75, 3.05) is 25.1 Å². The Labute approximate surface area is 155 Å². The van der Waals surface area contributed by atoms with Crippen molar-refractivity contribution >= 4 is 29.9 Å². The minimum absolute atomic E-state index is 0. The van der Waals surface area contributed by atoms with Gasteiger partial charge >= 0.3 is 0 Å². The van der Waals surface area contributed by atoms with Crippen LogP contribution in [0, 0.1) is 5.92 Å². The fraction of sp³-hybridized carbons (Fsp3) is 0.556. The van der Waals surface area contributed by atoms with E-state index in [-0.39, 0.29) is 42.6 Å². The summed E-state index contributed by atoms with van der Waals surface area (Å²) in [5, 5.41) is 2.99. The van der Waals surface area contributed by atoms with Crippen LogP contribution >= 0.6 is 12.4 Å². The lowest BCUT2D eigenvalue weighted by Crippen LogP contribution is -2.43. The molecule has 0 saturated carbocycles. The largest absolute Gasteiger partial charge is 0.497 e. The molecule has 3 N–H and O–H groups in total. The molecular formula is C18H28ClN3O3. The molecule has 0 bridgehead atoms. The molecular weight excluding hydrogens is 342 g/mol. The second-order valence-corrected chi connectivity index (χ2v) is 6.19. The molecule has 2 atom stereocenters. The molecule has 2 unspecified atom stereocenters. The van der Waals surface area contributed by atoms with Crippen LogP contribution in [0.1, 0.15) is 32.6 Å². The van der Waals surface area contributed by atoms with Gasteiger partial charge in [-0.05, 0) is 30.7 Å². The van der Waals surface area contributed by atoms with E-state index in [9.17, 15) is 9.59 Å². The summed E-state index contributed by atoms with van der Waals surface area (Å²) in [5.41, 5.74) is 6.52. The Kier molecular flexibility index (Phi) is 8.72. The molecule has 1 fully saturated rings. The Morgan fingerprint density at radius 1 is 1.40 bits per heavy atom. The average molecular weight is 370 g/mol. The second-order valence-electron chi connectivity index (χ2n) is 6.19. The molecule has 6 nitrogen and oxygen atoms in total. The maximum Gasteiger partial charge on any atom is 0.227 e. The van der Waals surface area contributed by atoms with E-state index < -0.39 is 0 Å². The SMILES string of the molecule is CCCCC(CN)NC(=O)C1CC(=O)N(c2ccc(OC)cc2)C1.Cl. The summed E-state index contributed by atoms with van der Waals surface area (Å²) in [6.45, 7) is 2.94. The Morgan fingerprint density at radius 2 is 2.08 bits per heavy atom. The summed E-state index contributed by atoms with van der Waals surface area (Å²) >= 11 is 0. The smallest absolute Gasteiger partial charge is 0.227 e. The van der Waals surface area contributed by atoms with E-state index in [2.05, 4.69) is 12.2 Å². The summed E-state index contributed by atoms with van der Waals surface area (Å²) in [6, 6.07) is 7.28. The van der Waals surface area contributed by atoms with Crippen molar-refractivity contribution < 1.29 is 14.3 Å². The summed E-state index contributed by atoms with van der Waals surface area (Å²) in [4.78, 5) is 26.4. The van der Waals surface area contributed by atoms with Crippen molar-refractivity contribution in [1.29, 1.82) is 0 Å². The van der Waals surface area contributed by atoms with Crippen molar-refractivity contribution in [3.05, 3.63) is 24.3 Å². The van der Waals surface area contributed by atoms with E-state index in [0.717, 1.165) is 30.7 Å². The number of unbranched alkanes of at least 4 members (excludes halogenated alkanes) is 1. The number of carbonyl (C=O) groups excluding carboxylic acids is 2. The van der Waals surface area contributed by atoms with Gasteiger partial charge in [0.05, 0.1) is 13.0 Å². The molecule has 0 radical (unpaired) electrons. The minimum atomic E-state index is -0.324. The highest BCUT2D eigenvalue weighted by Crippen LogP contribution is 2.27. The predicted molar refractivity (Wildman–Crippen MR) is 101 cm³/mol. The number of nitrogens with one attached hydrogen (secondary N) is 1. The van der Waals surface area contributed by atoms with Crippen LogP contribution in [0.4, 0.5) is 5.69 Å². The number of hydrogen-bond donors (Lipinski definition) is 2. The summed E-state index contributed by atoms with van der Waals surface area (Å²) in [6.07, 6.45) is 3.22. The predicted octanol–water partition coefficient (Wildman–Crippen LogP) is 2.10. The van der Waals surface area contributed by atoms with Crippen LogP contribution in [0.2, 0.25) is 0 Å². The maximum atomic E-state index is 12.4. The topological polar surface area (TPSA) is 84.7 Å². The van der Waals surface area contributed by atoms with E-state index in [1.54, 1.807) is 12.0 Å². The zero-order chi connectivity index (χ0) is 17.5. The van der Waals surface area contributed by atoms with Crippen LogP contribution in [0.15, 0.2) is 24.3 Å². The van der Waals surface area contributed by atoms with Crippen LogP contribution in [-0.2, 0) is 9.59 Å². The number of rotatable bonds is 8. The molecule has 1 aliphatic rings. The number of ether oxygens (including phenoxy) is 1. The van der Waals surface area contributed by atoms with Gasteiger partial charge in [-0.2, -0.15) is 0 Å². The molecule has 1 aromatic carbocycles. The van der Waals surface area contributed by atoms with E-state index in [4.69, 9.17) is 10.5 Å². The third-order valence-corrected chi connectivity index (χ3v) is 4.42. The first kappa shape index (κ1) is 21.3. The van der Waals surface area contributed by atoms with Gasteiger partial charge in [-0.3, -0.25) is 9.59 Å². The van der Waals surface area contributed by atoms with Gasteiger partial charge in [0.1, 0.15) is 5.75 Å². The van der Waals surface area contributed by atoms with Crippen molar-refractivity contribution in [2.45, 2.75) is 38.6 Å². The quantitative estimate of drug-likeness (QED) is 0.735. The lowest BCUT2D eigenvalue weighted by atomic mass is 10.1. The van der Waals surface area contributed by atoms with Crippen molar-refractivity contribution in [2.24, 2.45) is 11.7 Å². The van der Waals surface area contributed by atoms with Crippen LogP contribution in [0.3, 0.4) is 0 Å². The molecule has 1 saturated heterocycles. The normalized spacial score (nSPS) is 17.8. The van der Waals surface area contributed by atoms with Crippen molar-refractivity contribution in [3.8, 4) is 5.75 Å². The van der Waals surface area contributed by atoms with Crippen LogP contribution < -0.4 is 20.7 Å². The summed E-state index contributed by atoms with van der Waals surface area (Å²) in [7, 11) is 1.60. The van der Waals surface area contributed by atoms with Crippen LogP contribution in [0.5, 0.6) is 5.75 Å². The number of nitrogens with two attached hydrogens (primary N) is 1. The number of anilines is 1. The number of benzene rings is 1. The van der Waals surface area contributed by atoms with E-state index in [0.29, 0.717) is 13.1 Å². The van der Waals surface area contributed by atoms with Gasteiger partial charge in [-0.15, -0.1) is 12.4 Å². The molecule has 0 aromatic heterocycles. The standard InChI is InChI=1S/C18H27N3O3.ClH/c1-3-4-5-14(11-19)20-18(23)13-10-17(22)21(12-13)15-6-8-16(24-2)9-7-15;/h6-9,13-14H,3-5,10-12,19H2,1-2H3,(H,20,23);1H. The first-order chi connectivity index (χ1) is 11.6. The molecule has 1 aliphatic heterocycles. The number of halogens is 1. The summed E-state index contributed by atoms with van der Waals surface area (Å²) in [5.74, 6) is 0.306. The third kappa shape index (κ3) is 5.61. The van der Waals surface area contributed by atoms with E-state index in [1.807, 2.05) is 24.3 Å². The number of methoxy groups -OCH3 is 1. The van der Waals surface area contributed by atoms with Gasteiger partial charge in [-0.25, -0.2) is 0 Å². The lowest BCUT2D eigenvalue weighted by molar-refractivity contribution is -0.126. The van der Waals surface area contributed by atoms with Crippen molar-refractivity contribution in [1.82, 2.24) is 5.32 Å². The first-order valence-electron chi connectivity index (χ1n) is 8.53. The maximum absolute atomic E-state index is 12.4. The molecule has 0 spiro atoms. The summed E-state index contributed by atoms with van der Waals surface area (Å²) < 4.78 is 5.13. The number of hydrogen-bond acceptors (Lipinski definition) is 4. The van der Waals surface area contributed by atoms with E-state index >= 15 is 0 Å². The second kappa shape index (κ2) is 10.3. The average Bonchev–Trinajstić information content (AvgIpc) is 3.00. The molecule has 1 heterocycles. The van der Waals surface area contributed by atoms with Gasteiger partial charge in [0.25, 0.3) is 0 Å². The number of carbonyl (C=O) groups is 2. The molecule has 0 aliphatic carbocycles. The van der Waals surface area contributed by atoms with Crippen molar-refractivity contribution in [3.63, 3.8) is 0 Å². The van der Waals surface area contributed by atoms with Crippen LogP contribution in [-0.4, -0.2) is 38.1 Å². The zero-order valence-corrected chi connectivity index (χ0v) is 15.7. The minimum Gasteiger partial charge on any atom is -0.497 e. The zero-order valence-electron chi connectivity index (χ0n) is 14.9. The number of amides is 2. The Bertz CT molecular complexity index is 565. The third-order valence-electron chi connectivity index (χ3n) is 4.42. The van der Waals surface area contributed by atoms with Crippen LogP contribution in [0.25, 0.3) is 0 Å². The Balaban J connectivity index is 0.00000312. The molecule has 7 heteroatoms. The van der Waals surface area contributed by atoms with Gasteiger partial charge in [0.15, 0.2) is 0 Å². The lowest BCUT2D eigenvalue weighted by Gasteiger charge is -2.20. The Hall–Kier alpha value is -1.79. The highest BCUT2D eigenvalue weighted by atomic mass is 35.5. The molecule has 140 valence electrons. The van der Waals surface area contributed by atoms with Gasteiger partial charge in [-0.1, -0.05) is 19.8 Å². The molecule has 2 rings (SSSR count). The molecule has 2 amide bonds. The molecule has 25 heavy (non-hydrogen) atoms. The van der Waals surface area contributed by atoms with Gasteiger partial charge in [0.2, 0.25) is 11.8 Å². The van der Waals surface area contributed by atoms with Gasteiger partial charge in [0, 0.05) is 31.2 Å². The van der Waals surface area contributed by atoms with Gasteiger partial charge < -0.3 is 20.7 Å². The number of nitrogens with zero attached hydrogens (tertiary/aromatic N) is 1. The first-order valence-corrected chi connectivity index (χ1v) is 8.53. The Morgan fingerprint density at radius 3 is 2.64 bits per heavy atom. The van der Waals surface area contributed by atoms with E-state index in [1.165, 1.54) is 0 Å². The molecule has 1 aromatic rings. The fourth-order valence-electron chi connectivity index (χ4n) is 2.91.